The molecule has 0 aliphatic carbocycles. The first-order valence-corrected chi connectivity index (χ1v) is 3.00. The lowest BCUT2D eigenvalue weighted by atomic mass is 10.5. The molecule has 0 spiro atoms. The zero-order valence-corrected chi connectivity index (χ0v) is 5.91. The highest BCUT2D eigenvalue weighted by Gasteiger charge is 2.37. The molecule has 0 saturated carbocycles. The third-order valence-corrected chi connectivity index (χ3v) is 1.09. The normalized spacial score (nSPS) is 11.6. The Kier molecular flexibility index (Phi) is 2.11. The van der Waals surface area contributed by atoms with E-state index in [1.807, 2.05) is 0 Å². The Morgan fingerprint density at radius 1 is 1.50 bits per heavy atom. The fourth-order valence-electron chi connectivity index (χ4n) is 0.653. The zero-order valence-electron chi connectivity index (χ0n) is 5.91. The minimum atomic E-state index is -4.51. The first-order chi connectivity index (χ1) is 5.55. The van der Waals surface area contributed by atoms with Crippen LogP contribution < -0.4 is 0 Å². The molecule has 0 saturated heterocycles. The molecule has 0 unspecified atom stereocenters. The molecule has 0 N–H and O–H groups in total. The SMILES string of the molecule is C=CCn1nnnc1C(F)(F)F. The van der Waals surface area contributed by atoms with Gasteiger partial charge in [0.1, 0.15) is 0 Å². The number of hydrogen-bond donors (Lipinski definition) is 0. The molecule has 4 nitrogen and oxygen atoms in total. The van der Waals surface area contributed by atoms with E-state index in [2.05, 4.69) is 22.1 Å². The van der Waals surface area contributed by atoms with Gasteiger partial charge in [-0.15, -0.1) is 11.7 Å². The lowest BCUT2D eigenvalue weighted by Gasteiger charge is -2.03. The van der Waals surface area contributed by atoms with Crippen molar-refractivity contribution in [2.24, 2.45) is 0 Å². The number of aromatic nitrogens is 4. The van der Waals surface area contributed by atoms with E-state index in [-0.39, 0.29) is 6.54 Å². The minimum absolute atomic E-state index is 0.0537. The van der Waals surface area contributed by atoms with Crippen LogP contribution in [0, 0.1) is 0 Å². The van der Waals surface area contributed by atoms with Crippen LogP contribution in [0.15, 0.2) is 12.7 Å². The van der Waals surface area contributed by atoms with Crippen molar-refractivity contribution in [1.82, 2.24) is 20.2 Å². The summed E-state index contributed by atoms with van der Waals surface area (Å²) in [5.74, 6) is -1.11. The summed E-state index contributed by atoms with van der Waals surface area (Å²) in [6, 6.07) is 0. The molecule has 0 amide bonds. The van der Waals surface area contributed by atoms with Crippen molar-refractivity contribution in [3.8, 4) is 0 Å². The molecule has 1 aromatic heterocycles. The Morgan fingerprint density at radius 2 is 2.17 bits per heavy atom. The van der Waals surface area contributed by atoms with Gasteiger partial charge in [0, 0.05) is 0 Å². The van der Waals surface area contributed by atoms with Crippen LogP contribution >= 0.6 is 0 Å². The summed E-state index contributed by atoms with van der Waals surface area (Å²) in [4.78, 5) is 0. The number of nitrogens with zero attached hydrogens (tertiary/aromatic N) is 4. The van der Waals surface area contributed by atoms with E-state index < -0.39 is 12.0 Å². The summed E-state index contributed by atoms with van der Waals surface area (Å²) in [5.41, 5.74) is 0. The van der Waals surface area contributed by atoms with E-state index in [0.717, 1.165) is 0 Å². The maximum absolute atomic E-state index is 12.0. The van der Waals surface area contributed by atoms with Crippen molar-refractivity contribution < 1.29 is 13.2 Å². The van der Waals surface area contributed by atoms with Crippen molar-refractivity contribution >= 4 is 0 Å². The topological polar surface area (TPSA) is 43.6 Å². The van der Waals surface area contributed by atoms with E-state index in [1.165, 1.54) is 6.08 Å². The lowest BCUT2D eigenvalue weighted by Crippen LogP contribution is -2.15. The molecule has 1 rings (SSSR count). The number of allylic oxidation sites excluding steroid dienone is 1. The van der Waals surface area contributed by atoms with Gasteiger partial charge >= 0.3 is 6.18 Å². The minimum Gasteiger partial charge on any atom is -0.218 e. The molecule has 0 aliphatic heterocycles. The van der Waals surface area contributed by atoms with Gasteiger partial charge in [0.15, 0.2) is 0 Å². The third kappa shape index (κ3) is 1.60. The molecule has 1 aromatic rings. The summed E-state index contributed by atoms with van der Waals surface area (Å²) < 4.78 is 36.7. The smallest absolute Gasteiger partial charge is 0.218 e. The van der Waals surface area contributed by atoms with Crippen LogP contribution in [0.5, 0.6) is 0 Å². The number of hydrogen-bond acceptors (Lipinski definition) is 3. The van der Waals surface area contributed by atoms with Crippen molar-refractivity contribution in [2.45, 2.75) is 12.7 Å². The summed E-state index contributed by atoms with van der Waals surface area (Å²) in [6.45, 7) is 3.22. The number of rotatable bonds is 2. The summed E-state index contributed by atoms with van der Waals surface area (Å²) in [7, 11) is 0. The predicted octanol–water partition coefficient (Wildman–Crippen LogP) is 0.878. The molecule has 12 heavy (non-hydrogen) atoms. The van der Waals surface area contributed by atoms with Crippen molar-refractivity contribution in [1.29, 1.82) is 0 Å². The van der Waals surface area contributed by atoms with Gasteiger partial charge in [0.2, 0.25) is 0 Å². The average Bonchev–Trinajstić information content (AvgIpc) is 2.34. The highest BCUT2D eigenvalue weighted by molar-refractivity contribution is 4.88. The van der Waals surface area contributed by atoms with Crippen LogP contribution in [0.4, 0.5) is 13.2 Å². The van der Waals surface area contributed by atoms with Crippen LogP contribution in [0.25, 0.3) is 0 Å². The van der Waals surface area contributed by atoms with Gasteiger partial charge in [-0.05, 0) is 10.4 Å². The van der Waals surface area contributed by atoms with Crippen LogP contribution in [0.3, 0.4) is 0 Å². The Morgan fingerprint density at radius 3 is 2.67 bits per heavy atom. The maximum Gasteiger partial charge on any atom is 0.453 e. The van der Waals surface area contributed by atoms with Gasteiger partial charge in [-0.2, -0.15) is 13.2 Å². The molecule has 1 heterocycles. The van der Waals surface area contributed by atoms with Crippen LogP contribution in [-0.2, 0) is 12.7 Å². The molecular weight excluding hydrogens is 173 g/mol. The van der Waals surface area contributed by atoms with E-state index in [1.54, 1.807) is 0 Å². The van der Waals surface area contributed by atoms with E-state index >= 15 is 0 Å². The van der Waals surface area contributed by atoms with Crippen LogP contribution in [0.1, 0.15) is 5.82 Å². The van der Waals surface area contributed by atoms with Gasteiger partial charge in [-0.25, -0.2) is 4.68 Å². The zero-order chi connectivity index (χ0) is 9.19. The molecule has 0 aromatic carbocycles. The largest absolute Gasteiger partial charge is 0.453 e. The predicted molar refractivity (Wildman–Crippen MR) is 33.0 cm³/mol. The molecule has 7 heteroatoms. The fraction of sp³-hybridized carbons (Fsp3) is 0.400. The highest BCUT2D eigenvalue weighted by atomic mass is 19.4. The Hall–Kier alpha value is -1.40. The van der Waals surface area contributed by atoms with Gasteiger partial charge in [0.05, 0.1) is 6.54 Å². The Labute approximate surface area is 65.7 Å². The first kappa shape index (κ1) is 8.69. The second kappa shape index (κ2) is 2.92. The third-order valence-electron chi connectivity index (χ3n) is 1.09. The van der Waals surface area contributed by atoms with E-state index in [9.17, 15) is 13.2 Å². The van der Waals surface area contributed by atoms with Gasteiger partial charge in [-0.1, -0.05) is 6.08 Å². The average molecular weight is 178 g/mol. The van der Waals surface area contributed by atoms with E-state index in [4.69, 9.17) is 0 Å². The number of halogens is 3. The summed E-state index contributed by atoms with van der Waals surface area (Å²) in [6.07, 6.45) is -3.22. The van der Waals surface area contributed by atoms with Crippen molar-refractivity contribution in [3.63, 3.8) is 0 Å². The number of tetrazole rings is 1. The van der Waals surface area contributed by atoms with Crippen molar-refractivity contribution in [2.75, 3.05) is 0 Å². The summed E-state index contributed by atoms with van der Waals surface area (Å²) >= 11 is 0. The number of alkyl halides is 3. The van der Waals surface area contributed by atoms with Crippen molar-refractivity contribution in [3.05, 3.63) is 18.5 Å². The fourth-order valence-corrected chi connectivity index (χ4v) is 0.653. The first-order valence-electron chi connectivity index (χ1n) is 3.00. The second-order valence-electron chi connectivity index (χ2n) is 1.97. The Balaban J connectivity index is 2.99. The molecule has 0 radical (unpaired) electrons. The lowest BCUT2D eigenvalue weighted by molar-refractivity contribution is -0.147. The molecule has 0 atom stereocenters. The van der Waals surface area contributed by atoms with Gasteiger partial charge in [0.25, 0.3) is 5.82 Å². The maximum atomic E-state index is 12.0. The molecule has 0 bridgehead atoms. The molecule has 66 valence electrons. The van der Waals surface area contributed by atoms with Gasteiger partial charge < -0.3 is 0 Å². The van der Waals surface area contributed by atoms with Crippen LogP contribution in [0.2, 0.25) is 0 Å². The Bertz CT molecular complexity index is 276. The monoisotopic (exact) mass is 178 g/mol. The summed E-state index contributed by atoms with van der Waals surface area (Å²) in [5, 5.41) is 8.87. The quantitative estimate of drug-likeness (QED) is 0.631. The molecule has 0 aliphatic rings. The van der Waals surface area contributed by atoms with Gasteiger partial charge in [-0.3, -0.25) is 0 Å². The highest BCUT2D eigenvalue weighted by Crippen LogP contribution is 2.26. The second-order valence-corrected chi connectivity index (χ2v) is 1.97. The molecule has 0 fully saturated rings. The van der Waals surface area contributed by atoms with Crippen LogP contribution in [-0.4, -0.2) is 20.2 Å². The molecular formula is C5H5F3N4. The van der Waals surface area contributed by atoms with E-state index in [0.29, 0.717) is 4.68 Å². The standard InChI is InChI=1S/C5H5F3N4/c1-2-3-12-4(5(6,7)8)9-10-11-12/h2H,1,3H2.